The summed E-state index contributed by atoms with van der Waals surface area (Å²) in [6.07, 6.45) is 5.37. The number of thioether (sulfide) groups is 1. The maximum atomic E-state index is 5.78. The van der Waals surface area contributed by atoms with Crippen LogP contribution >= 0.6 is 11.8 Å². The SMILES string of the molecule is NCC(Sc1ccccn1)c1ccncc1. The molecule has 3 nitrogen and oxygen atoms in total. The van der Waals surface area contributed by atoms with E-state index in [9.17, 15) is 0 Å². The van der Waals surface area contributed by atoms with E-state index in [0.29, 0.717) is 6.54 Å². The summed E-state index contributed by atoms with van der Waals surface area (Å²) in [6, 6.07) is 9.87. The molecule has 0 saturated heterocycles. The van der Waals surface area contributed by atoms with Gasteiger partial charge in [-0.05, 0) is 29.8 Å². The Kier molecular flexibility index (Phi) is 3.91. The van der Waals surface area contributed by atoms with Crippen LogP contribution in [0.2, 0.25) is 0 Å². The maximum absolute atomic E-state index is 5.78. The predicted octanol–water partition coefficient (Wildman–Crippen LogP) is 2.27. The second kappa shape index (κ2) is 5.63. The molecule has 0 aliphatic heterocycles. The van der Waals surface area contributed by atoms with Crippen LogP contribution in [0.3, 0.4) is 0 Å². The first-order valence-corrected chi connectivity index (χ1v) is 5.96. The molecule has 2 rings (SSSR count). The van der Waals surface area contributed by atoms with Crippen molar-refractivity contribution in [3.63, 3.8) is 0 Å². The van der Waals surface area contributed by atoms with Gasteiger partial charge in [-0.1, -0.05) is 17.8 Å². The van der Waals surface area contributed by atoms with Crippen LogP contribution in [0.25, 0.3) is 0 Å². The average molecular weight is 231 g/mol. The fraction of sp³-hybridized carbons (Fsp3) is 0.167. The standard InChI is InChI=1S/C12H13N3S/c13-9-11(10-4-7-14-8-5-10)16-12-3-1-2-6-15-12/h1-8,11H,9,13H2. The van der Waals surface area contributed by atoms with Crippen molar-refractivity contribution in [1.29, 1.82) is 0 Å². The Hall–Kier alpha value is -1.39. The smallest absolute Gasteiger partial charge is 0.0966 e. The lowest BCUT2D eigenvalue weighted by Gasteiger charge is -2.13. The van der Waals surface area contributed by atoms with Gasteiger partial charge in [0.2, 0.25) is 0 Å². The van der Waals surface area contributed by atoms with E-state index in [1.54, 1.807) is 30.4 Å². The van der Waals surface area contributed by atoms with Gasteiger partial charge in [0.1, 0.15) is 0 Å². The Morgan fingerprint density at radius 1 is 1.12 bits per heavy atom. The molecule has 0 bridgehead atoms. The Labute approximate surface area is 99.1 Å². The number of hydrogen-bond donors (Lipinski definition) is 1. The molecule has 0 aliphatic carbocycles. The summed E-state index contributed by atoms with van der Waals surface area (Å²) >= 11 is 1.68. The molecule has 0 amide bonds. The lowest BCUT2D eigenvalue weighted by molar-refractivity contribution is 0.931. The van der Waals surface area contributed by atoms with Crippen LogP contribution in [-0.4, -0.2) is 16.5 Å². The van der Waals surface area contributed by atoms with Crippen LogP contribution in [0.5, 0.6) is 0 Å². The van der Waals surface area contributed by atoms with Crippen molar-refractivity contribution in [2.24, 2.45) is 5.73 Å². The van der Waals surface area contributed by atoms with E-state index in [0.717, 1.165) is 5.03 Å². The Bertz CT molecular complexity index is 419. The van der Waals surface area contributed by atoms with Crippen LogP contribution in [0.4, 0.5) is 0 Å². The number of aromatic nitrogens is 2. The first-order valence-electron chi connectivity index (χ1n) is 5.08. The van der Waals surface area contributed by atoms with Gasteiger partial charge in [-0.25, -0.2) is 4.98 Å². The molecule has 0 aromatic carbocycles. The van der Waals surface area contributed by atoms with Crippen LogP contribution in [0.1, 0.15) is 10.8 Å². The van der Waals surface area contributed by atoms with Gasteiger partial charge in [0.05, 0.1) is 5.03 Å². The highest BCUT2D eigenvalue weighted by Gasteiger charge is 2.11. The van der Waals surface area contributed by atoms with Gasteiger partial charge in [0.15, 0.2) is 0 Å². The van der Waals surface area contributed by atoms with Crippen molar-refractivity contribution >= 4 is 11.8 Å². The zero-order valence-electron chi connectivity index (χ0n) is 8.78. The van der Waals surface area contributed by atoms with E-state index in [-0.39, 0.29) is 5.25 Å². The van der Waals surface area contributed by atoms with Crippen molar-refractivity contribution in [3.8, 4) is 0 Å². The van der Waals surface area contributed by atoms with E-state index in [1.165, 1.54) is 5.56 Å². The third kappa shape index (κ3) is 2.81. The fourth-order valence-corrected chi connectivity index (χ4v) is 2.35. The zero-order valence-corrected chi connectivity index (χ0v) is 9.60. The molecule has 2 heterocycles. The molecule has 82 valence electrons. The van der Waals surface area contributed by atoms with E-state index >= 15 is 0 Å². The van der Waals surface area contributed by atoms with E-state index < -0.39 is 0 Å². The third-order valence-corrected chi connectivity index (χ3v) is 3.42. The number of nitrogens with two attached hydrogens (primary N) is 1. The van der Waals surface area contributed by atoms with Gasteiger partial charge in [0, 0.05) is 30.4 Å². The lowest BCUT2D eigenvalue weighted by atomic mass is 10.2. The lowest BCUT2D eigenvalue weighted by Crippen LogP contribution is -2.09. The highest BCUT2D eigenvalue weighted by Crippen LogP contribution is 2.32. The van der Waals surface area contributed by atoms with Gasteiger partial charge in [-0.3, -0.25) is 4.98 Å². The minimum atomic E-state index is 0.234. The zero-order chi connectivity index (χ0) is 11.2. The molecule has 4 heteroatoms. The number of nitrogens with zero attached hydrogens (tertiary/aromatic N) is 2. The second-order valence-electron chi connectivity index (χ2n) is 3.29. The Balaban J connectivity index is 2.13. The number of rotatable bonds is 4. The van der Waals surface area contributed by atoms with Crippen molar-refractivity contribution < 1.29 is 0 Å². The summed E-state index contributed by atoms with van der Waals surface area (Å²) in [7, 11) is 0. The highest BCUT2D eigenvalue weighted by molar-refractivity contribution is 7.99. The quantitative estimate of drug-likeness (QED) is 0.820. The van der Waals surface area contributed by atoms with E-state index in [2.05, 4.69) is 9.97 Å². The molecule has 1 unspecified atom stereocenters. The molecule has 0 spiro atoms. The molecular weight excluding hydrogens is 218 g/mol. The third-order valence-electron chi connectivity index (χ3n) is 2.19. The molecule has 1 atom stereocenters. The summed E-state index contributed by atoms with van der Waals surface area (Å²) in [5, 5.41) is 1.23. The van der Waals surface area contributed by atoms with Crippen LogP contribution in [-0.2, 0) is 0 Å². The van der Waals surface area contributed by atoms with Crippen LogP contribution < -0.4 is 5.73 Å². The highest BCUT2D eigenvalue weighted by atomic mass is 32.2. The molecule has 16 heavy (non-hydrogen) atoms. The second-order valence-corrected chi connectivity index (χ2v) is 4.51. The summed E-state index contributed by atoms with van der Waals surface area (Å²) in [5.74, 6) is 0. The minimum Gasteiger partial charge on any atom is -0.329 e. The van der Waals surface area contributed by atoms with Crippen LogP contribution in [0, 0.1) is 0 Å². The summed E-state index contributed by atoms with van der Waals surface area (Å²) in [6.45, 7) is 0.589. The summed E-state index contributed by atoms with van der Waals surface area (Å²) in [5.41, 5.74) is 6.97. The monoisotopic (exact) mass is 231 g/mol. The molecule has 2 aromatic rings. The largest absolute Gasteiger partial charge is 0.329 e. The molecule has 0 saturated carbocycles. The Morgan fingerprint density at radius 3 is 2.56 bits per heavy atom. The number of hydrogen-bond acceptors (Lipinski definition) is 4. The summed E-state index contributed by atoms with van der Waals surface area (Å²) in [4.78, 5) is 8.29. The molecule has 0 fully saturated rings. The first-order chi connectivity index (χ1) is 7.90. The average Bonchev–Trinajstić information content (AvgIpc) is 2.38. The summed E-state index contributed by atoms with van der Waals surface area (Å²) < 4.78 is 0. The topological polar surface area (TPSA) is 51.8 Å². The molecular formula is C12H13N3S. The van der Waals surface area contributed by atoms with Gasteiger partial charge < -0.3 is 5.73 Å². The molecule has 2 N–H and O–H groups in total. The first kappa shape index (κ1) is 11.1. The fourth-order valence-electron chi connectivity index (χ4n) is 1.39. The van der Waals surface area contributed by atoms with E-state index in [1.807, 2.05) is 30.3 Å². The minimum absolute atomic E-state index is 0.234. The van der Waals surface area contributed by atoms with Crippen LogP contribution in [0.15, 0.2) is 53.9 Å². The van der Waals surface area contributed by atoms with E-state index in [4.69, 9.17) is 5.73 Å². The van der Waals surface area contributed by atoms with Gasteiger partial charge in [0.25, 0.3) is 0 Å². The van der Waals surface area contributed by atoms with Gasteiger partial charge in [-0.15, -0.1) is 0 Å². The molecule has 0 aliphatic rings. The maximum Gasteiger partial charge on any atom is 0.0966 e. The van der Waals surface area contributed by atoms with Crippen molar-refractivity contribution in [3.05, 3.63) is 54.5 Å². The van der Waals surface area contributed by atoms with Gasteiger partial charge in [-0.2, -0.15) is 0 Å². The number of pyridine rings is 2. The predicted molar refractivity (Wildman–Crippen MR) is 66.1 cm³/mol. The van der Waals surface area contributed by atoms with Crippen molar-refractivity contribution in [2.75, 3.05) is 6.54 Å². The normalized spacial score (nSPS) is 12.3. The molecule has 2 aromatic heterocycles. The van der Waals surface area contributed by atoms with Gasteiger partial charge >= 0.3 is 0 Å². The van der Waals surface area contributed by atoms with Crippen molar-refractivity contribution in [1.82, 2.24) is 9.97 Å². The van der Waals surface area contributed by atoms with Crippen molar-refractivity contribution in [2.45, 2.75) is 10.3 Å². The molecule has 0 radical (unpaired) electrons. The Morgan fingerprint density at radius 2 is 1.94 bits per heavy atom.